The third-order valence-corrected chi connectivity index (χ3v) is 4.40. The van der Waals surface area contributed by atoms with E-state index in [1.54, 1.807) is 24.3 Å². The van der Waals surface area contributed by atoms with Crippen molar-refractivity contribution in [3.05, 3.63) is 54.1 Å². The van der Waals surface area contributed by atoms with Crippen LogP contribution in [0.5, 0.6) is 11.5 Å². The van der Waals surface area contributed by atoms with Gasteiger partial charge in [-0.3, -0.25) is 0 Å². The highest BCUT2D eigenvalue weighted by atomic mass is 32.2. The second kappa shape index (κ2) is 7.39. The fourth-order valence-electron chi connectivity index (χ4n) is 1.82. The first-order valence-corrected chi connectivity index (χ1v) is 8.46. The van der Waals surface area contributed by atoms with Gasteiger partial charge in [0.25, 0.3) is 0 Å². The van der Waals surface area contributed by atoms with Gasteiger partial charge in [-0.1, -0.05) is 0 Å². The molecule has 2 aromatic carbocycles. The summed E-state index contributed by atoms with van der Waals surface area (Å²) >= 11 is 0. The molecule has 0 aliphatic rings. The number of ether oxygens (including phenoxy) is 2. The van der Waals surface area contributed by atoms with Crippen molar-refractivity contribution in [2.75, 3.05) is 6.61 Å². The first kappa shape index (κ1) is 17.9. The van der Waals surface area contributed by atoms with E-state index in [9.17, 15) is 22.0 Å². The molecule has 0 radical (unpaired) electrons. The number of hydrogen-bond donors (Lipinski definition) is 0. The molecule has 0 saturated heterocycles. The number of carbonyl (C=O) groups is 1. The number of esters is 1. The lowest BCUT2D eigenvalue weighted by atomic mass is 10.2. The van der Waals surface area contributed by atoms with Crippen molar-refractivity contribution in [2.45, 2.75) is 17.6 Å². The molecule has 5 nitrogen and oxygen atoms in total. The zero-order chi connectivity index (χ0) is 17.7. The molecule has 0 spiro atoms. The smallest absolute Gasteiger partial charge is 0.343 e. The molecular formula is C16H14F2O5S. The lowest BCUT2D eigenvalue weighted by Gasteiger charge is -2.07. The molecule has 0 heterocycles. The summed E-state index contributed by atoms with van der Waals surface area (Å²) in [4.78, 5) is 11.4. The fraction of sp³-hybridized carbons (Fsp3) is 0.188. The van der Waals surface area contributed by atoms with Crippen molar-refractivity contribution in [1.29, 1.82) is 0 Å². The molecule has 0 aliphatic heterocycles. The Hall–Kier alpha value is -2.48. The minimum atomic E-state index is -4.69. The highest BCUT2D eigenvalue weighted by molar-refractivity contribution is 7.91. The second-order valence-electron chi connectivity index (χ2n) is 4.62. The molecule has 2 rings (SSSR count). The second-order valence-corrected chi connectivity index (χ2v) is 6.54. The molecule has 24 heavy (non-hydrogen) atoms. The van der Waals surface area contributed by atoms with Gasteiger partial charge in [-0.05, 0) is 55.5 Å². The number of hydrogen-bond acceptors (Lipinski definition) is 5. The highest BCUT2D eigenvalue weighted by Crippen LogP contribution is 2.21. The Bertz CT molecular complexity index is 799. The molecule has 128 valence electrons. The van der Waals surface area contributed by atoms with Crippen LogP contribution in [0.15, 0.2) is 53.4 Å². The van der Waals surface area contributed by atoms with Crippen LogP contribution < -0.4 is 9.47 Å². The molecule has 0 fully saturated rings. The van der Waals surface area contributed by atoms with Gasteiger partial charge >= 0.3 is 11.7 Å². The number of sulfone groups is 1. The van der Waals surface area contributed by atoms with Gasteiger partial charge in [-0.2, -0.15) is 8.78 Å². The summed E-state index contributed by atoms with van der Waals surface area (Å²) in [5, 5.41) is 0. The van der Waals surface area contributed by atoms with Crippen LogP contribution in [0.1, 0.15) is 17.3 Å². The van der Waals surface area contributed by atoms with E-state index in [0.717, 1.165) is 24.3 Å². The fourth-order valence-corrected chi connectivity index (χ4v) is 2.54. The molecule has 0 aromatic heterocycles. The molecule has 0 saturated carbocycles. The zero-order valence-corrected chi connectivity index (χ0v) is 13.4. The van der Waals surface area contributed by atoms with Crippen molar-refractivity contribution < 1.29 is 31.5 Å². The Kier molecular flexibility index (Phi) is 5.50. The maximum absolute atomic E-state index is 12.4. The lowest BCUT2D eigenvalue weighted by Crippen LogP contribution is -2.12. The van der Waals surface area contributed by atoms with E-state index in [1.807, 2.05) is 6.92 Å². The van der Waals surface area contributed by atoms with Gasteiger partial charge in [0.1, 0.15) is 11.5 Å². The topological polar surface area (TPSA) is 69.7 Å². The standard InChI is InChI=1S/C16H14F2O5S/c1-2-22-12-5-7-13(8-6-12)23-15(19)11-3-9-14(10-4-11)24(20,21)16(17)18/h3-10,16H,2H2,1H3. The average Bonchev–Trinajstić information content (AvgIpc) is 2.57. The predicted molar refractivity (Wildman–Crippen MR) is 82.2 cm³/mol. The van der Waals surface area contributed by atoms with Crippen LogP contribution in [0.2, 0.25) is 0 Å². The molecule has 0 aliphatic carbocycles. The Morgan fingerprint density at radius 3 is 2.04 bits per heavy atom. The molecular weight excluding hydrogens is 342 g/mol. The van der Waals surface area contributed by atoms with Crippen LogP contribution in [-0.4, -0.2) is 26.8 Å². The normalized spacial score (nSPS) is 11.3. The summed E-state index contributed by atoms with van der Waals surface area (Å²) in [6, 6.07) is 10.5. The molecule has 2 aromatic rings. The molecule has 0 amide bonds. The van der Waals surface area contributed by atoms with Gasteiger partial charge < -0.3 is 9.47 Å². The lowest BCUT2D eigenvalue weighted by molar-refractivity contribution is 0.0734. The van der Waals surface area contributed by atoms with E-state index in [4.69, 9.17) is 9.47 Å². The molecule has 8 heteroatoms. The van der Waals surface area contributed by atoms with Crippen molar-refractivity contribution >= 4 is 15.8 Å². The molecule has 0 bridgehead atoms. The third-order valence-electron chi connectivity index (χ3n) is 3.00. The summed E-state index contributed by atoms with van der Waals surface area (Å²) in [5.41, 5.74) is 0.0390. The first-order chi connectivity index (χ1) is 11.3. The van der Waals surface area contributed by atoms with Gasteiger partial charge in [-0.15, -0.1) is 0 Å². The molecule has 0 atom stereocenters. The maximum Gasteiger partial charge on any atom is 0.343 e. The van der Waals surface area contributed by atoms with E-state index in [0.29, 0.717) is 12.4 Å². The highest BCUT2D eigenvalue weighted by Gasteiger charge is 2.26. The number of rotatable bonds is 6. The Morgan fingerprint density at radius 2 is 1.54 bits per heavy atom. The Balaban J connectivity index is 2.10. The van der Waals surface area contributed by atoms with Gasteiger partial charge in [0.05, 0.1) is 17.1 Å². The van der Waals surface area contributed by atoms with Crippen LogP contribution in [0, 0.1) is 0 Å². The number of alkyl halides is 2. The largest absolute Gasteiger partial charge is 0.494 e. The Labute approximate surface area is 137 Å². The summed E-state index contributed by atoms with van der Waals surface area (Å²) in [6.45, 7) is 2.35. The molecule has 0 unspecified atom stereocenters. The quantitative estimate of drug-likeness (QED) is 0.587. The number of benzene rings is 2. The summed E-state index contributed by atoms with van der Waals surface area (Å²) in [5.74, 6) is -3.36. The van der Waals surface area contributed by atoms with E-state index in [2.05, 4.69) is 0 Å². The first-order valence-electron chi connectivity index (χ1n) is 6.91. The molecule has 0 N–H and O–H groups in total. The number of halogens is 2. The summed E-state index contributed by atoms with van der Waals surface area (Å²) < 4.78 is 57.9. The minimum Gasteiger partial charge on any atom is -0.494 e. The van der Waals surface area contributed by atoms with E-state index in [-0.39, 0.29) is 11.3 Å². The van der Waals surface area contributed by atoms with E-state index >= 15 is 0 Å². The van der Waals surface area contributed by atoms with Gasteiger partial charge in [0.15, 0.2) is 0 Å². The SMILES string of the molecule is CCOc1ccc(OC(=O)c2ccc(S(=O)(=O)C(F)F)cc2)cc1. The van der Waals surface area contributed by atoms with Gasteiger partial charge in [-0.25, -0.2) is 13.2 Å². The van der Waals surface area contributed by atoms with E-state index < -0.39 is 26.5 Å². The van der Waals surface area contributed by atoms with Crippen LogP contribution in [0.3, 0.4) is 0 Å². The van der Waals surface area contributed by atoms with Crippen molar-refractivity contribution in [1.82, 2.24) is 0 Å². The monoisotopic (exact) mass is 356 g/mol. The van der Waals surface area contributed by atoms with Gasteiger partial charge in [0, 0.05) is 0 Å². The van der Waals surface area contributed by atoms with Crippen LogP contribution in [0.4, 0.5) is 8.78 Å². The summed E-state index contributed by atoms with van der Waals surface area (Å²) in [7, 11) is -4.69. The van der Waals surface area contributed by atoms with E-state index in [1.165, 1.54) is 0 Å². The predicted octanol–water partition coefficient (Wildman–Crippen LogP) is 3.30. The van der Waals surface area contributed by atoms with Gasteiger partial charge in [0.2, 0.25) is 9.84 Å². The van der Waals surface area contributed by atoms with Crippen LogP contribution >= 0.6 is 0 Å². The van der Waals surface area contributed by atoms with Crippen molar-refractivity contribution in [3.63, 3.8) is 0 Å². The Morgan fingerprint density at radius 1 is 1.00 bits per heavy atom. The summed E-state index contributed by atoms with van der Waals surface area (Å²) in [6.07, 6.45) is 0. The number of carbonyl (C=O) groups excluding carboxylic acids is 1. The maximum atomic E-state index is 12.4. The minimum absolute atomic E-state index is 0.0390. The third kappa shape index (κ3) is 4.08. The average molecular weight is 356 g/mol. The van der Waals surface area contributed by atoms with Crippen molar-refractivity contribution in [2.24, 2.45) is 0 Å². The van der Waals surface area contributed by atoms with Crippen molar-refractivity contribution in [3.8, 4) is 11.5 Å². The van der Waals surface area contributed by atoms with Crippen LogP contribution in [-0.2, 0) is 9.84 Å². The van der Waals surface area contributed by atoms with Crippen LogP contribution in [0.25, 0.3) is 0 Å². The zero-order valence-electron chi connectivity index (χ0n) is 12.6.